The van der Waals surface area contributed by atoms with Gasteiger partial charge in [-0.3, -0.25) is 5.26 Å². The Balaban J connectivity index is 2.99. The molecule has 0 heterocycles. The first-order valence-electron chi connectivity index (χ1n) is 6.85. The van der Waals surface area contributed by atoms with Crippen molar-refractivity contribution in [1.29, 1.82) is 0 Å². The fourth-order valence-electron chi connectivity index (χ4n) is 2.32. The van der Waals surface area contributed by atoms with Crippen molar-refractivity contribution in [3.8, 4) is 0 Å². The molecule has 110 valence electrons. The van der Waals surface area contributed by atoms with Crippen LogP contribution in [0.5, 0.6) is 0 Å². The van der Waals surface area contributed by atoms with Gasteiger partial charge in [0.15, 0.2) is 0 Å². The third-order valence-electron chi connectivity index (χ3n) is 4.03. The Morgan fingerprint density at radius 1 is 1.47 bits per heavy atom. The molecule has 0 amide bonds. The highest BCUT2D eigenvalue weighted by Gasteiger charge is 2.32. The molecular weight excluding hydrogens is 244 g/mol. The van der Waals surface area contributed by atoms with Crippen LogP contribution in [0.4, 0.5) is 0 Å². The molecule has 0 aromatic heterocycles. The standard InChI is InChI=1S/C15H26O4/c1-10(2)12-6-5-11(3)13(19-18)9-14(16)15(4,17)8-7-12/h7-8,10,12-14,16-18H,3,5-6,9H2,1-2,4H3/b8-7+/t12-,13+,14+,15-/m1/s1. The number of rotatable bonds is 2. The smallest absolute Gasteiger partial charge is 0.116 e. The normalized spacial score (nSPS) is 39.3. The first kappa shape index (κ1) is 16.4. The van der Waals surface area contributed by atoms with Gasteiger partial charge < -0.3 is 10.2 Å². The second kappa shape index (κ2) is 6.66. The van der Waals surface area contributed by atoms with Gasteiger partial charge in [0.1, 0.15) is 11.7 Å². The van der Waals surface area contributed by atoms with Crippen molar-refractivity contribution in [3.63, 3.8) is 0 Å². The third kappa shape index (κ3) is 4.42. The Morgan fingerprint density at radius 3 is 2.63 bits per heavy atom. The molecule has 1 rings (SSSR count). The summed E-state index contributed by atoms with van der Waals surface area (Å²) in [5, 5.41) is 29.3. The van der Waals surface area contributed by atoms with Crippen molar-refractivity contribution in [2.45, 2.75) is 57.8 Å². The molecule has 19 heavy (non-hydrogen) atoms. The number of aliphatic hydroxyl groups is 2. The Bertz CT molecular complexity index is 333. The van der Waals surface area contributed by atoms with Crippen LogP contribution in [0, 0.1) is 11.8 Å². The first-order chi connectivity index (χ1) is 8.77. The molecular formula is C15H26O4. The Hall–Kier alpha value is -0.680. The minimum Gasteiger partial charge on any atom is -0.390 e. The van der Waals surface area contributed by atoms with Gasteiger partial charge in [0.25, 0.3) is 0 Å². The van der Waals surface area contributed by atoms with Crippen LogP contribution in [-0.4, -0.2) is 33.3 Å². The molecule has 0 aromatic carbocycles. The van der Waals surface area contributed by atoms with Gasteiger partial charge in [-0.2, -0.15) is 0 Å². The molecule has 0 spiro atoms. The summed E-state index contributed by atoms with van der Waals surface area (Å²) in [6.07, 6.45) is 3.72. The quantitative estimate of drug-likeness (QED) is 0.410. The minimum atomic E-state index is -1.33. The molecule has 4 nitrogen and oxygen atoms in total. The zero-order valence-electron chi connectivity index (χ0n) is 12.0. The van der Waals surface area contributed by atoms with E-state index in [1.807, 2.05) is 6.08 Å². The van der Waals surface area contributed by atoms with Crippen LogP contribution in [0.3, 0.4) is 0 Å². The lowest BCUT2D eigenvalue weighted by atomic mass is 9.83. The summed E-state index contributed by atoms with van der Waals surface area (Å²) < 4.78 is 0. The molecule has 3 N–H and O–H groups in total. The van der Waals surface area contributed by atoms with Crippen LogP contribution in [0.15, 0.2) is 24.3 Å². The van der Waals surface area contributed by atoms with Crippen LogP contribution in [0.2, 0.25) is 0 Å². The molecule has 1 aliphatic rings. The molecule has 0 aliphatic heterocycles. The lowest BCUT2D eigenvalue weighted by molar-refractivity contribution is -0.275. The van der Waals surface area contributed by atoms with Crippen LogP contribution in [0.1, 0.15) is 40.0 Å². The van der Waals surface area contributed by atoms with Crippen LogP contribution >= 0.6 is 0 Å². The van der Waals surface area contributed by atoms with Crippen LogP contribution in [0.25, 0.3) is 0 Å². The fourth-order valence-corrected chi connectivity index (χ4v) is 2.32. The first-order valence-corrected chi connectivity index (χ1v) is 6.85. The molecule has 0 saturated carbocycles. The summed E-state index contributed by atoms with van der Waals surface area (Å²) >= 11 is 0. The van der Waals surface area contributed by atoms with Crippen molar-refractivity contribution in [3.05, 3.63) is 24.3 Å². The maximum atomic E-state index is 10.3. The summed E-state index contributed by atoms with van der Waals surface area (Å²) in [6, 6.07) is 0. The van der Waals surface area contributed by atoms with Crippen molar-refractivity contribution in [2.75, 3.05) is 0 Å². The van der Waals surface area contributed by atoms with E-state index in [4.69, 9.17) is 5.26 Å². The topological polar surface area (TPSA) is 69.9 Å². The Labute approximate surface area is 115 Å². The highest BCUT2D eigenvalue weighted by Crippen LogP contribution is 2.29. The molecule has 0 unspecified atom stereocenters. The summed E-state index contributed by atoms with van der Waals surface area (Å²) in [5.41, 5.74) is -0.583. The van der Waals surface area contributed by atoms with Gasteiger partial charge in [-0.1, -0.05) is 32.6 Å². The molecule has 4 atom stereocenters. The van der Waals surface area contributed by atoms with E-state index >= 15 is 0 Å². The predicted molar refractivity (Wildman–Crippen MR) is 74.6 cm³/mol. The van der Waals surface area contributed by atoms with E-state index in [2.05, 4.69) is 25.3 Å². The Kier molecular flexibility index (Phi) is 5.74. The zero-order valence-corrected chi connectivity index (χ0v) is 12.0. The highest BCUT2D eigenvalue weighted by molar-refractivity contribution is 5.11. The van der Waals surface area contributed by atoms with Crippen molar-refractivity contribution >= 4 is 0 Å². The van der Waals surface area contributed by atoms with E-state index in [1.54, 1.807) is 13.0 Å². The predicted octanol–water partition coefficient (Wildman–Crippen LogP) is 2.53. The summed E-state index contributed by atoms with van der Waals surface area (Å²) in [5.74, 6) is 0.734. The van der Waals surface area contributed by atoms with Gasteiger partial charge in [0, 0.05) is 6.42 Å². The van der Waals surface area contributed by atoms with Crippen LogP contribution < -0.4 is 0 Å². The molecule has 0 saturated heterocycles. The van der Waals surface area contributed by atoms with Gasteiger partial charge in [-0.25, -0.2) is 4.89 Å². The van der Waals surface area contributed by atoms with E-state index in [-0.39, 0.29) is 6.42 Å². The largest absolute Gasteiger partial charge is 0.390 e. The molecule has 0 fully saturated rings. The summed E-state index contributed by atoms with van der Waals surface area (Å²) in [6.45, 7) is 9.71. The summed E-state index contributed by atoms with van der Waals surface area (Å²) in [4.78, 5) is 4.40. The molecule has 4 heteroatoms. The molecule has 0 radical (unpaired) electrons. The fraction of sp³-hybridized carbons (Fsp3) is 0.733. The second-order valence-corrected chi connectivity index (χ2v) is 6.04. The third-order valence-corrected chi connectivity index (χ3v) is 4.03. The van der Waals surface area contributed by atoms with Crippen LogP contribution in [-0.2, 0) is 4.89 Å². The van der Waals surface area contributed by atoms with Gasteiger partial charge in [-0.15, -0.1) is 0 Å². The molecule has 0 bridgehead atoms. The number of aliphatic hydroxyl groups excluding tert-OH is 1. The number of hydrogen-bond donors (Lipinski definition) is 3. The van der Waals surface area contributed by atoms with Gasteiger partial charge >= 0.3 is 0 Å². The lowest BCUT2D eigenvalue weighted by Gasteiger charge is -2.31. The van der Waals surface area contributed by atoms with Crippen molar-refractivity contribution in [2.24, 2.45) is 11.8 Å². The summed E-state index contributed by atoms with van der Waals surface area (Å²) in [7, 11) is 0. The van der Waals surface area contributed by atoms with Gasteiger partial charge in [-0.05, 0) is 37.2 Å². The monoisotopic (exact) mass is 270 g/mol. The van der Waals surface area contributed by atoms with E-state index in [9.17, 15) is 10.2 Å². The average Bonchev–Trinajstić information content (AvgIpc) is 2.33. The number of allylic oxidation sites excluding steroid dienone is 1. The SMILES string of the molecule is C=C1CC[C@@H](C(C)C)/C=C/[C@@](C)(O)[C@@H](O)C[C@@H]1OO. The maximum absolute atomic E-state index is 10.3. The van der Waals surface area contributed by atoms with Gasteiger partial charge in [0.05, 0.1) is 6.10 Å². The maximum Gasteiger partial charge on any atom is 0.116 e. The zero-order chi connectivity index (χ0) is 14.6. The van der Waals surface area contributed by atoms with Crippen molar-refractivity contribution < 1.29 is 20.4 Å². The minimum absolute atomic E-state index is 0.124. The average molecular weight is 270 g/mol. The highest BCUT2D eigenvalue weighted by atomic mass is 17.1. The van der Waals surface area contributed by atoms with E-state index < -0.39 is 17.8 Å². The molecule has 0 aromatic rings. The lowest BCUT2D eigenvalue weighted by Crippen LogP contribution is -2.40. The van der Waals surface area contributed by atoms with E-state index in [0.717, 1.165) is 18.4 Å². The second-order valence-electron chi connectivity index (χ2n) is 6.04. The number of hydrogen-bond acceptors (Lipinski definition) is 4. The van der Waals surface area contributed by atoms with E-state index in [1.165, 1.54) is 0 Å². The van der Waals surface area contributed by atoms with E-state index in [0.29, 0.717) is 11.8 Å². The molecule has 1 aliphatic carbocycles. The Morgan fingerprint density at radius 2 is 2.11 bits per heavy atom. The van der Waals surface area contributed by atoms with Crippen molar-refractivity contribution in [1.82, 2.24) is 0 Å². The van der Waals surface area contributed by atoms with Gasteiger partial charge in [0.2, 0.25) is 0 Å².